The largest absolute Gasteiger partial charge is 0.497 e. The second-order valence-corrected chi connectivity index (χ2v) is 6.63. The van der Waals surface area contributed by atoms with Crippen LogP contribution in [0, 0.1) is 0 Å². The van der Waals surface area contributed by atoms with E-state index in [0.29, 0.717) is 16.7 Å². The molecule has 7 heteroatoms. The maximum Gasteiger partial charge on any atom is 0.210 e. The lowest BCUT2D eigenvalue weighted by molar-refractivity contribution is 0.415. The summed E-state index contributed by atoms with van der Waals surface area (Å²) in [4.78, 5) is 4.49. The molecule has 26 heavy (non-hydrogen) atoms. The van der Waals surface area contributed by atoms with Crippen molar-refractivity contribution in [1.82, 2.24) is 19.9 Å². The summed E-state index contributed by atoms with van der Waals surface area (Å²) in [5.74, 6) is 8.33. The van der Waals surface area contributed by atoms with E-state index in [1.54, 1.807) is 7.11 Å². The molecule has 2 aromatic heterocycles. The van der Waals surface area contributed by atoms with E-state index in [1.807, 2.05) is 42.6 Å². The summed E-state index contributed by atoms with van der Waals surface area (Å²) in [6.07, 6.45) is 1.81. The molecular formula is C19H17N5OS. The summed E-state index contributed by atoms with van der Waals surface area (Å²) in [5, 5.41) is 10.2. The number of ether oxygens (including phenoxy) is 1. The van der Waals surface area contributed by atoms with E-state index in [-0.39, 0.29) is 0 Å². The highest BCUT2D eigenvalue weighted by atomic mass is 32.2. The van der Waals surface area contributed by atoms with Crippen LogP contribution in [0.25, 0.3) is 22.3 Å². The van der Waals surface area contributed by atoms with E-state index in [4.69, 9.17) is 10.6 Å². The van der Waals surface area contributed by atoms with Gasteiger partial charge in [0.2, 0.25) is 5.16 Å². The summed E-state index contributed by atoms with van der Waals surface area (Å²) < 4.78 is 6.70. The van der Waals surface area contributed by atoms with E-state index in [9.17, 15) is 0 Å². The fourth-order valence-corrected chi connectivity index (χ4v) is 3.58. The number of rotatable bonds is 5. The van der Waals surface area contributed by atoms with Crippen molar-refractivity contribution in [2.75, 3.05) is 13.0 Å². The first kappa shape index (κ1) is 16.4. The number of nitrogens with zero attached hydrogens (tertiary/aromatic N) is 4. The standard InChI is InChI=1S/C19H17N5OS/c1-25-16-9-7-14(8-10-16)18-22-23-19(24(18)20)26-12-15-5-2-4-13-6-3-11-21-17(13)15/h2-11H,12,20H2,1H3. The van der Waals surface area contributed by atoms with Gasteiger partial charge in [0.15, 0.2) is 5.82 Å². The molecule has 0 aliphatic rings. The molecule has 0 saturated heterocycles. The Morgan fingerprint density at radius 1 is 1.04 bits per heavy atom. The van der Waals surface area contributed by atoms with Gasteiger partial charge in [-0.15, -0.1) is 10.2 Å². The molecule has 0 spiro atoms. The smallest absolute Gasteiger partial charge is 0.210 e. The Balaban J connectivity index is 1.56. The molecule has 0 saturated carbocycles. The number of para-hydroxylation sites is 1. The van der Waals surface area contributed by atoms with Gasteiger partial charge in [0.25, 0.3) is 0 Å². The summed E-state index contributed by atoms with van der Waals surface area (Å²) in [7, 11) is 1.64. The van der Waals surface area contributed by atoms with Gasteiger partial charge in [-0.25, -0.2) is 4.68 Å². The van der Waals surface area contributed by atoms with Gasteiger partial charge in [0, 0.05) is 22.9 Å². The van der Waals surface area contributed by atoms with Gasteiger partial charge >= 0.3 is 0 Å². The van der Waals surface area contributed by atoms with Gasteiger partial charge in [-0.05, 0) is 35.9 Å². The minimum Gasteiger partial charge on any atom is -0.497 e. The van der Waals surface area contributed by atoms with Crippen molar-refractivity contribution in [2.45, 2.75) is 10.9 Å². The van der Waals surface area contributed by atoms with Crippen molar-refractivity contribution < 1.29 is 4.74 Å². The van der Waals surface area contributed by atoms with Crippen LogP contribution in [0.3, 0.4) is 0 Å². The quantitative estimate of drug-likeness (QED) is 0.432. The molecule has 0 bridgehead atoms. The molecule has 0 aliphatic carbocycles. The third-order valence-electron chi connectivity index (χ3n) is 4.09. The van der Waals surface area contributed by atoms with E-state index >= 15 is 0 Å². The lowest BCUT2D eigenvalue weighted by Crippen LogP contribution is -2.11. The second-order valence-electron chi connectivity index (χ2n) is 5.69. The highest BCUT2D eigenvalue weighted by molar-refractivity contribution is 7.98. The van der Waals surface area contributed by atoms with Gasteiger partial charge in [-0.3, -0.25) is 4.98 Å². The maximum atomic E-state index is 6.21. The Morgan fingerprint density at radius 2 is 1.85 bits per heavy atom. The number of benzene rings is 2. The Hall–Kier alpha value is -3.06. The van der Waals surface area contributed by atoms with E-state index in [0.717, 1.165) is 27.8 Å². The van der Waals surface area contributed by atoms with Crippen molar-refractivity contribution in [3.63, 3.8) is 0 Å². The zero-order valence-electron chi connectivity index (χ0n) is 14.2. The normalized spacial score (nSPS) is 11.0. The van der Waals surface area contributed by atoms with E-state index in [2.05, 4.69) is 33.4 Å². The summed E-state index contributed by atoms with van der Waals surface area (Å²) >= 11 is 1.54. The van der Waals surface area contributed by atoms with Crippen LogP contribution in [0.15, 0.2) is 66.0 Å². The lowest BCUT2D eigenvalue weighted by atomic mass is 10.1. The molecule has 0 atom stereocenters. The summed E-state index contributed by atoms with van der Waals surface area (Å²) in [5.41, 5.74) is 3.03. The number of pyridine rings is 1. The highest BCUT2D eigenvalue weighted by Crippen LogP contribution is 2.27. The maximum absolute atomic E-state index is 6.21. The predicted molar refractivity (Wildman–Crippen MR) is 103 cm³/mol. The second kappa shape index (κ2) is 7.05. The lowest BCUT2D eigenvalue weighted by Gasteiger charge is -2.06. The third-order valence-corrected chi connectivity index (χ3v) is 5.08. The third kappa shape index (κ3) is 3.09. The topological polar surface area (TPSA) is 78.9 Å². The fourth-order valence-electron chi connectivity index (χ4n) is 2.74. The SMILES string of the molecule is COc1ccc(-c2nnc(SCc3cccc4cccnc34)n2N)cc1. The first-order chi connectivity index (χ1) is 12.8. The van der Waals surface area contributed by atoms with Crippen LogP contribution in [0.2, 0.25) is 0 Å². The van der Waals surface area contributed by atoms with Gasteiger partial charge in [-0.1, -0.05) is 36.0 Å². The Morgan fingerprint density at radius 3 is 2.65 bits per heavy atom. The molecule has 130 valence electrons. The summed E-state index contributed by atoms with van der Waals surface area (Å²) in [6, 6.07) is 17.7. The molecular weight excluding hydrogens is 346 g/mol. The van der Waals surface area contributed by atoms with Gasteiger partial charge in [-0.2, -0.15) is 0 Å². The van der Waals surface area contributed by atoms with Crippen LogP contribution in [0.4, 0.5) is 0 Å². The van der Waals surface area contributed by atoms with Crippen molar-refractivity contribution in [2.24, 2.45) is 0 Å². The van der Waals surface area contributed by atoms with Crippen molar-refractivity contribution >= 4 is 22.7 Å². The Bertz CT molecular complexity index is 1040. The molecule has 0 aliphatic heterocycles. The van der Waals surface area contributed by atoms with E-state index < -0.39 is 0 Å². The zero-order valence-corrected chi connectivity index (χ0v) is 15.0. The molecule has 0 radical (unpaired) electrons. The van der Waals surface area contributed by atoms with Crippen LogP contribution >= 0.6 is 11.8 Å². The number of hydrogen-bond acceptors (Lipinski definition) is 6. The molecule has 0 amide bonds. The fraction of sp³-hybridized carbons (Fsp3) is 0.105. The average molecular weight is 363 g/mol. The number of thioether (sulfide) groups is 1. The minimum absolute atomic E-state index is 0.617. The van der Waals surface area contributed by atoms with Crippen molar-refractivity contribution in [3.8, 4) is 17.1 Å². The highest BCUT2D eigenvalue weighted by Gasteiger charge is 2.13. The predicted octanol–water partition coefficient (Wildman–Crippen LogP) is 3.51. The number of methoxy groups -OCH3 is 1. The van der Waals surface area contributed by atoms with Crippen molar-refractivity contribution in [3.05, 3.63) is 66.4 Å². The van der Waals surface area contributed by atoms with Gasteiger partial charge < -0.3 is 10.6 Å². The average Bonchev–Trinajstić information content (AvgIpc) is 3.07. The molecule has 2 heterocycles. The van der Waals surface area contributed by atoms with Crippen LogP contribution in [-0.2, 0) is 5.75 Å². The number of nitrogens with two attached hydrogens (primary N) is 1. The zero-order chi connectivity index (χ0) is 17.9. The van der Waals surface area contributed by atoms with Crippen LogP contribution in [-0.4, -0.2) is 27.0 Å². The molecule has 0 fully saturated rings. The van der Waals surface area contributed by atoms with Crippen LogP contribution in [0.5, 0.6) is 5.75 Å². The molecule has 4 rings (SSSR count). The number of fused-ring (bicyclic) bond motifs is 1. The Labute approximate surface area is 155 Å². The summed E-state index contributed by atoms with van der Waals surface area (Å²) in [6.45, 7) is 0. The molecule has 2 N–H and O–H groups in total. The monoisotopic (exact) mass is 363 g/mol. The van der Waals surface area contributed by atoms with Crippen LogP contribution in [0.1, 0.15) is 5.56 Å². The minimum atomic E-state index is 0.617. The first-order valence-corrected chi connectivity index (χ1v) is 9.05. The number of hydrogen-bond donors (Lipinski definition) is 1. The first-order valence-electron chi connectivity index (χ1n) is 8.06. The number of nitrogen functional groups attached to an aromatic ring is 1. The Kier molecular flexibility index (Phi) is 4.45. The van der Waals surface area contributed by atoms with Gasteiger partial charge in [0.1, 0.15) is 5.75 Å². The molecule has 6 nitrogen and oxygen atoms in total. The number of aromatic nitrogens is 4. The molecule has 2 aromatic carbocycles. The van der Waals surface area contributed by atoms with Crippen molar-refractivity contribution in [1.29, 1.82) is 0 Å². The molecule has 0 unspecified atom stereocenters. The molecule has 4 aromatic rings. The van der Waals surface area contributed by atoms with Crippen LogP contribution < -0.4 is 10.6 Å². The van der Waals surface area contributed by atoms with Gasteiger partial charge in [0.05, 0.1) is 12.6 Å². The van der Waals surface area contributed by atoms with E-state index in [1.165, 1.54) is 16.4 Å².